The summed E-state index contributed by atoms with van der Waals surface area (Å²) in [4.78, 5) is 4.24. The van der Waals surface area contributed by atoms with Gasteiger partial charge in [0.1, 0.15) is 11.4 Å². The van der Waals surface area contributed by atoms with Crippen molar-refractivity contribution in [2.75, 3.05) is 5.32 Å². The van der Waals surface area contributed by atoms with Crippen molar-refractivity contribution in [1.82, 2.24) is 4.98 Å². The van der Waals surface area contributed by atoms with E-state index in [0.29, 0.717) is 28.5 Å². The third kappa shape index (κ3) is 3.15. The number of nitrogens with one attached hydrogen (secondary N) is 1. The van der Waals surface area contributed by atoms with Crippen LogP contribution in [0.15, 0.2) is 30.3 Å². The third-order valence-corrected chi connectivity index (χ3v) is 2.96. The van der Waals surface area contributed by atoms with E-state index < -0.39 is 0 Å². The van der Waals surface area contributed by atoms with Gasteiger partial charge in [-0.15, -0.1) is 0 Å². The van der Waals surface area contributed by atoms with Gasteiger partial charge in [-0.3, -0.25) is 4.98 Å². The van der Waals surface area contributed by atoms with Gasteiger partial charge >= 0.3 is 0 Å². The van der Waals surface area contributed by atoms with E-state index in [1.54, 1.807) is 30.3 Å². The van der Waals surface area contributed by atoms with Crippen LogP contribution in [-0.4, -0.2) is 10.1 Å². The first-order valence-electron chi connectivity index (χ1n) is 5.69. The predicted octanol–water partition coefficient (Wildman–Crippen LogP) is 3.23. The number of pyridine rings is 1. The minimum atomic E-state index is 0.130. The van der Waals surface area contributed by atoms with Crippen molar-refractivity contribution < 1.29 is 5.11 Å². The maximum absolute atomic E-state index is 9.70. The molecule has 0 spiro atoms. The summed E-state index contributed by atoms with van der Waals surface area (Å²) in [7, 11) is 0. The quantitative estimate of drug-likeness (QED) is 0.901. The van der Waals surface area contributed by atoms with Gasteiger partial charge in [0.05, 0.1) is 28.9 Å². The molecule has 96 valence electrons. The van der Waals surface area contributed by atoms with Gasteiger partial charge in [0.25, 0.3) is 0 Å². The average molecular weight is 274 g/mol. The summed E-state index contributed by atoms with van der Waals surface area (Å²) >= 11 is 6.04. The molecule has 0 radical (unpaired) electrons. The normalized spacial score (nSPS) is 9.95. The monoisotopic (exact) mass is 273 g/mol. The summed E-state index contributed by atoms with van der Waals surface area (Å²) in [6.45, 7) is 2.19. The number of nitrogens with zero attached hydrogens (tertiary/aromatic N) is 2. The maximum atomic E-state index is 9.70. The Hall–Kier alpha value is -2.25. The molecule has 2 rings (SSSR count). The fourth-order valence-electron chi connectivity index (χ4n) is 1.64. The third-order valence-electron chi connectivity index (χ3n) is 2.63. The highest BCUT2D eigenvalue weighted by Gasteiger charge is 2.06. The van der Waals surface area contributed by atoms with Crippen molar-refractivity contribution in [2.45, 2.75) is 13.5 Å². The molecule has 0 amide bonds. The molecule has 0 atom stereocenters. The molecule has 1 heterocycles. The van der Waals surface area contributed by atoms with Gasteiger partial charge in [-0.25, -0.2) is 0 Å². The lowest BCUT2D eigenvalue weighted by Gasteiger charge is -2.10. The second-order valence-corrected chi connectivity index (χ2v) is 4.49. The van der Waals surface area contributed by atoms with Crippen LogP contribution in [0, 0.1) is 18.3 Å². The molecule has 0 bridgehead atoms. The lowest BCUT2D eigenvalue weighted by molar-refractivity contribution is 0.464. The van der Waals surface area contributed by atoms with Gasteiger partial charge < -0.3 is 10.4 Å². The maximum Gasteiger partial charge on any atom is 0.138 e. The SMILES string of the molecule is Cc1ccc(O)c(CNc2cc(C#N)ccc2Cl)n1. The molecule has 0 unspecified atom stereocenters. The molecule has 5 heteroatoms. The van der Waals surface area contributed by atoms with Crippen LogP contribution in [0.1, 0.15) is 17.0 Å². The van der Waals surface area contributed by atoms with Gasteiger partial charge in [0.15, 0.2) is 0 Å². The summed E-state index contributed by atoms with van der Waals surface area (Å²) in [5.41, 5.74) is 2.53. The van der Waals surface area contributed by atoms with Crippen molar-refractivity contribution >= 4 is 17.3 Å². The largest absolute Gasteiger partial charge is 0.506 e. The van der Waals surface area contributed by atoms with Crippen molar-refractivity contribution in [3.8, 4) is 11.8 Å². The van der Waals surface area contributed by atoms with Crippen molar-refractivity contribution in [1.29, 1.82) is 5.26 Å². The average Bonchev–Trinajstić information content (AvgIpc) is 2.41. The highest BCUT2D eigenvalue weighted by Crippen LogP contribution is 2.24. The Morgan fingerprint density at radius 2 is 2.16 bits per heavy atom. The van der Waals surface area contributed by atoms with Gasteiger partial charge in [-0.2, -0.15) is 5.26 Å². The molecule has 19 heavy (non-hydrogen) atoms. The summed E-state index contributed by atoms with van der Waals surface area (Å²) in [5, 5.41) is 22.1. The fraction of sp³-hybridized carbons (Fsp3) is 0.143. The first-order chi connectivity index (χ1) is 9.10. The number of benzene rings is 1. The molecule has 1 aromatic carbocycles. The van der Waals surface area contributed by atoms with Gasteiger partial charge in [0.2, 0.25) is 0 Å². The molecule has 0 aliphatic rings. The highest BCUT2D eigenvalue weighted by atomic mass is 35.5. The molecule has 1 aromatic heterocycles. The van der Waals surface area contributed by atoms with Crippen LogP contribution in [-0.2, 0) is 6.54 Å². The van der Waals surface area contributed by atoms with E-state index in [9.17, 15) is 5.11 Å². The predicted molar refractivity (Wildman–Crippen MR) is 74.1 cm³/mol. The number of rotatable bonds is 3. The van der Waals surface area contributed by atoms with E-state index in [2.05, 4.69) is 10.3 Å². The number of aromatic hydroxyl groups is 1. The molecule has 0 saturated heterocycles. The Morgan fingerprint density at radius 3 is 2.89 bits per heavy atom. The van der Waals surface area contributed by atoms with E-state index in [4.69, 9.17) is 16.9 Å². The first kappa shape index (κ1) is 13.2. The summed E-state index contributed by atoms with van der Waals surface area (Å²) in [6.07, 6.45) is 0. The first-order valence-corrected chi connectivity index (χ1v) is 6.07. The zero-order valence-electron chi connectivity index (χ0n) is 10.3. The number of aromatic nitrogens is 1. The zero-order valence-corrected chi connectivity index (χ0v) is 11.1. The molecule has 2 aromatic rings. The lowest BCUT2D eigenvalue weighted by atomic mass is 10.2. The summed E-state index contributed by atoms with van der Waals surface area (Å²) < 4.78 is 0. The van der Waals surface area contributed by atoms with Crippen molar-refractivity contribution in [3.63, 3.8) is 0 Å². The van der Waals surface area contributed by atoms with Crippen LogP contribution >= 0.6 is 11.6 Å². The zero-order chi connectivity index (χ0) is 13.8. The topological polar surface area (TPSA) is 68.9 Å². The smallest absolute Gasteiger partial charge is 0.138 e. The number of halogens is 1. The molecule has 2 N–H and O–H groups in total. The van der Waals surface area contributed by atoms with Crippen LogP contribution in [0.25, 0.3) is 0 Å². The van der Waals surface area contributed by atoms with Gasteiger partial charge in [-0.1, -0.05) is 11.6 Å². The van der Waals surface area contributed by atoms with Crippen LogP contribution in [0.2, 0.25) is 5.02 Å². The van der Waals surface area contributed by atoms with Crippen LogP contribution < -0.4 is 5.32 Å². The highest BCUT2D eigenvalue weighted by molar-refractivity contribution is 6.33. The van der Waals surface area contributed by atoms with Gasteiger partial charge in [0, 0.05) is 5.69 Å². The van der Waals surface area contributed by atoms with E-state index in [1.165, 1.54) is 0 Å². The Balaban J connectivity index is 2.19. The second-order valence-electron chi connectivity index (χ2n) is 4.08. The summed E-state index contributed by atoms with van der Waals surface area (Å²) in [5.74, 6) is 0.130. The Kier molecular flexibility index (Phi) is 3.88. The number of hydrogen-bond donors (Lipinski definition) is 2. The minimum absolute atomic E-state index is 0.130. The van der Waals surface area contributed by atoms with E-state index >= 15 is 0 Å². The van der Waals surface area contributed by atoms with Crippen LogP contribution in [0.5, 0.6) is 5.75 Å². The molecule has 4 nitrogen and oxygen atoms in total. The lowest BCUT2D eigenvalue weighted by Crippen LogP contribution is -2.03. The second kappa shape index (κ2) is 5.59. The van der Waals surface area contributed by atoms with E-state index in [0.717, 1.165) is 5.69 Å². The standard InChI is InChI=1S/C14H12ClN3O/c1-9-2-5-14(19)13(18-9)8-17-12-6-10(7-16)3-4-11(12)15/h2-6,17,19H,8H2,1H3. The van der Waals surface area contributed by atoms with Gasteiger partial charge in [-0.05, 0) is 37.3 Å². The van der Waals surface area contributed by atoms with Crippen LogP contribution in [0.3, 0.4) is 0 Å². The molecule has 0 aliphatic heterocycles. The minimum Gasteiger partial charge on any atom is -0.506 e. The van der Waals surface area contributed by atoms with Crippen molar-refractivity contribution in [2.24, 2.45) is 0 Å². The molecular weight excluding hydrogens is 262 g/mol. The number of anilines is 1. The fourth-order valence-corrected chi connectivity index (χ4v) is 1.83. The number of nitriles is 1. The Morgan fingerprint density at radius 1 is 1.37 bits per heavy atom. The molecule has 0 saturated carbocycles. The molecule has 0 aliphatic carbocycles. The van der Waals surface area contributed by atoms with Crippen LogP contribution in [0.4, 0.5) is 5.69 Å². The Bertz CT molecular complexity index is 650. The number of aryl methyl sites for hydroxylation is 1. The molecule has 0 fully saturated rings. The summed E-state index contributed by atoms with van der Waals surface area (Å²) in [6, 6.07) is 10.4. The molecular formula is C14H12ClN3O. The van der Waals surface area contributed by atoms with E-state index in [-0.39, 0.29) is 5.75 Å². The number of hydrogen-bond acceptors (Lipinski definition) is 4. The van der Waals surface area contributed by atoms with Crippen molar-refractivity contribution in [3.05, 3.63) is 52.3 Å². The Labute approximate surface area is 116 Å². The van der Waals surface area contributed by atoms with E-state index in [1.807, 2.05) is 13.0 Å².